The Morgan fingerprint density at radius 1 is 1.04 bits per heavy atom. The van der Waals surface area contributed by atoms with Gasteiger partial charge in [0.25, 0.3) is 0 Å². The van der Waals surface area contributed by atoms with E-state index in [1.54, 1.807) is 18.2 Å². The minimum atomic E-state index is 0.0966. The summed E-state index contributed by atoms with van der Waals surface area (Å²) in [7, 11) is 0. The average Bonchev–Trinajstić information content (AvgIpc) is 2.86. The lowest BCUT2D eigenvalue weighted by atomic mass is 10.3. The Balaban J connectivity index is 1.76. The molecule has 1 N–H and O–H groups in total. The van der Waals surface area contributed by atoms with Crippen LogP contribution in [0.3, 0.4) is 0 Å². The lowest BCUT2D eigenvalue weighted by molar-refractivity contribution is 0.412. The fourth-order valence-corrected chi connectivity index (χ4v) is 2.59. The van der Waals surface area contributed by atoms with Crippen molar-refractivity contribution >= 4 is 11.6 Å². The van der Waals surface area contributed by atoms with Crippen LogP contribution in [0.25, 0.3) is 0 Å². The highest BCUT2D eigenvalue weighted by Crippen LogP contribution is 2.33. The molecule has 0 saturated heterocycles. The van der Waals surface area contributed by atoms with E-state index in [9.17, 15) is 5.11 Å². The second kappa shape index (κ2) is 7.07. The van der Waals surface area contributed by atoms with Crippen molar-refractivity contribution in [2.24, 2.45) is 0 Å². The Morgan fingerprint density at radius 2 is 1.68 bits per heavy atom. The van der Waals surface area contributed by atoms with Crippen LogP contribution in [0.1, 0.15) is 18.2 Å². The molecule has 0 amide bonds. The first kappa shape index (κ1) is 17.2. The largest absolute Gasteiger partial charge is 0.508 e. The zero-order valence-electron chi connectivity index (χ0n) is 14.3. The third kappa shape index (κ3) is 3.72. The van der Waals surface area contributed by atoms with Gasteiger partial charge in [-0.2, -0.15) is 5.10 Å². The van der Waals surface area contributed by atoms with Crippen LogP contribution in [0.4, 0.5) is 0 Å². The standard InChI is InChI=1S/C19H19ClN2O3/c1-4-22-19(12(2)13(3)21-22)25-16-8-6-15(7-9-16)24-18-10-5-14(23)11-17(18)20/h5-11,23H,4H2,1-3H3. The second-order valence-corrected chi connectivity index (χ2v) is 6.03. The van der Waals surface area contributed by atoms with Gasteiger partial charge in [-0.15, -0.1) is 0 Å². The van der Waals surface area contributed by atoms with Crippen molar-refractivity contribution in [1.29, 1.82) is 0 Å². The summed E-state index contributed by atoms with van der Waals surface area (Å²) >= 11 is 6.05. The van der Waals surface area contributed by atoms with Crippen molar-refractivity contribution < 1.29 is 14.6 Å². The predicted molar refractivity (Wildman–Crippen MR) is 97.1 cm³/mol. The highest BCUT2D eigenvalue weighted by molar-refractivity contribution is 6.32. The van der Waals surface area contributed by atoms with E-state index in [1.807, 2.05) is 37.6 Å². The third-order valence-corrected chi connectivity index (χ3v) is 4.15. The van der Waals surface area contributed by atoms with Crippen LogP contribution in [-0.2, 0) is 6.54 Å². The van der Waals surface area contributed by atoms with Gasteiger partial charge in [0.1, 0.15) is 23.0 Å². The number of aromatic nitrogens is 2. The minimum Gasteiger partial charge on any atom is -0.508 e. The molecule has 0 bridgehead atoms. The second-order valence-electron chi connectivity index (χ2n) is 5.62. The molecule has 0 aliphatic heterocycles. The summed E-state index contributed by atoms with van der Waals surface area (Å²) in [6, 6.07) is 11.8. The Bertz CT molecular complexity index is 888. The normalized spacial score (nSPS) is 10.7. The monoisotopic (exact) mass is 358 g/mol. The van der Waals surface area contributed by atoms with Gasteiger partial charge in [-0.3, -0.25) is 0 Å². The number of aryl methyl sites for hydroxylation is 2. The van der Waals surface area contributed by atoms with E-state index in [0.717, 1.165) is 23.7 Å². The van der Waals surface area contributed by atoms with E-state index in [-0.39, 0.29) is 5.75 Å². The topological polar surface area (TPSA) is 56.5 Å². The summed E-state index contributed by atoms with van der Waals surface area (Å²) < 4.78 is 13.5. The molecule has 1 aromatic heterocycles. The number of benzene rings is 2. The maximum Gasteiger partial charge on any atom is 0.220 e. The van der Waals surface area contributed by atoms with Gasteiger partial charge in [-0.1, -0.05) is 11.6 Å². The molecule has 0 fully saturated rings. The highest BCUT2D eigenvalue weighted by atomic mass is 35.5. The number of phenolic OH excluding ortho intramolecular Hbond substituents is 1. The number of hydrogen-bond acceptors (Lipinski definition) is 4. The molecule has 0 atom stereocenters. The van der Waals surface area contributed by atoms with E-state index in [1.165, 1.54) is 12.1 Å². The first-order valence-corrected chi connectivity index (χ1v) is 8.34. The SMILES string of the molecule is CCn1nc(C)c(C)c1Oc1ccc(Oc2ccc(O)cc2Cl)cc1. The summed E-state index contributed by atoms with van der Waals surface area (Å²) in [5.41, 5.74) is 1.98. The molecular weight excluding hydrogens is 340 g/mol. The van der Waals surface area contributed by atoms with E-state index >= 15 is 0 Å². The summed E-state index contributed by atoms with van der Waals surface area (Å²) in [5, 5.41) is 14.2. The smallest absolute Gasteiger partial charge is 0.220 e. The predicted octanol–water partition coefficient (Wildman–Crippen LogP) is 5.46. The molecule has 0 spiro atoms. The molecule has 3 rings (SSSR count). The van der Waals surface area contributed by atoms with Gasteiger partial charge >= 0.3 is 0 Å². The first-order valence-electron chi connectivity index (χ1n) is 7.96. The molecule has 130 valence electrons. The van der Waals surface area contributed by atoms with Gasteiger partial charge in [-0.25, -0.2) is 4.68 Å². The summed E-state index contributed by atoms with van der Waals surface area (Å²) in [6.07, 6.45) is 0. The summed E-state index contributed by atoms with van der Waals surface area (Å²) in [6.45, 7) is 6.72. The van der Waals surface area contributed by atoms with Crippen LogP contribution in [0, 0.1) is 13.8 Å². The van der Waals surface area contributed by atoms with Crippen LogP contribution in [0.2, 0.25) is 5.02 Å². The third-order valence-electron chi connectivity index (χ3n) is 3.85. The number of halogens is 1. The van der Waals surface area contributed by atoms with E-state index in [0.29, 0.717) is 22.3 Å². The molecule has 3 aromatic rings. The first-order chi connectivity index (χ1) is 12.0. The maximum absolute atomic E-state index is 9.38. The Hall–Kier alpha value is -2.66. The van der Waals surface area contributed by atoms with Crippen molar-refractivity contribution in [3.63, 3.8) is 0 Å². The summed E-state index contributed by atoms with van der Waals surface area (Å²) in [4.78, 5) is 0. The van der Waals surface area contributed by atoms with Crippen LogP contribution in [0.15, 0.2) is 42.5 Å². The highest BCUT2D eigenvalue weighted by Gasteiger charge is 2.13. The molecule has 0 unspecified atom stereocenters. The molecule has 6 heteroatoms. The van der Waals surface area contributed by atoms with E-state index < -0.39 is 0 Å². The van der Waals surface area contributed by atoms with Gasteiger partial charge < -0.3 is 14.6 Å². The van der Waals surface area contributed by atoms with Crippen molar-refractivity contribution in [1.82, 2.24) is 9.78 Å². The fraction of sp³-hybridized carbons (Fsp3) is 0.211. The lowest BCUT2D eigenvalue weighted by Crippen LogP contribution is -2.00. The molecule has 0 aliphatic carbocycles. The number of ether oxygens (including phenoxy) is 2. The van der Waals surface area contributed by atoms with Crippen LogP contribution in [0.5, 0.6) is 28.9 Å². The Morgan fingerprint density at radius 3 is 2.28 bits per heavy atom. The molecule has 25 heavy (non-hydrogen) atoms. The zero-order chi connectivity index (χ0) is 18.0. The van der Waals surface area contributed by atoms with Gasteiger partial charge in [0.05, 0.1) is 10.7 Å². The minimum absolute atomic E-state index is 0.0966. The quantitative estimate of drug-likeness (QED) is 0.657. The van der Waals surface area contributed by atoms with Crippen molar-refractivity contribution in [3.05, 3.63) is 58.7 Å². The lowest BCUT2D eigenvalue weighted by Gasteiger charge is -2.10. The molecule has 0 radical (unpaired) electrons. The molecule has 5 nitrogen and oxygen atoms in total. The van der Waals surface area contributed by atoms with Crippen molar-refractivity contribution in [2.75, 3.05) is 0 Å². The zero-order valence-corrected chi connectivity index (χ0v) is 15.0. The summed E-state index contributed by atoms with van der Waals surface area (Å²) in [5.74, 6) is 2.64. The van der Waals surface area contributed by atoms with Crippen molar-refractivity contribution in [2.45, 2.75) is 27.3 Å². The number of aromatic hydroxyl groups is 1. The fourth-order valence-electron chi connectivity index (χ4n) is 2.38. The maximum atomic E-state index is 9.38. The molecular formula is C19H19ClN2O3. The van der Waals surface area contributed by atoms with Crippen LogP contribution in [-0.4, -0.2) is 14.9 Å². The number of rotatable bonds is 5. The molecule has 0 aliphatic rings. The van der Waals surface area contributed by atoms with Crippen LogP contribution < -0.4 is 9.47 Å². The molecule has 0 saturated carbocycles. The number of phenols is 1. The van der Waals surface area contributed by atoms with E-state index in [2.05, 4.69) is 5.10 Å². The van der Waals surface area contributed by atoms with Gasteiger partial charge in [0, 0.05) is 18.2 Å². The Labute approximate surface area is 151 Å². The Kier molecular flexibility index (Phi) is 4.86. The number of hydrogen-bond donors (Lipinski definition) is 1. The molecule has 1 heterocycles. The van der Waals surface area contributed by atoms with Crippen molar-refractivity contribution in [3.8, 4) is 28.9 Å². The van der Waals surface area contributed by atoms with E-state index in [4.69, 9.17) is 21.1 Å². The van der Waals surface area contributed by atoms with Gasteiger partial charge in [0.2, 0.25) is 5.88 Å². The number of nitrogens with zero attached hydrogens (tertiary/aromatic N) is 2. The molecule has 2 aromatic carbocycles. The average molecular weight is 359 g/mol. The van der Waals surface area contributed by atoms with Gasteiger partial charge in [0.15, 0.2) is 0 Å². The van der Waals surface area contributed by atoms with Crippen LogP contribution >= 0.6 is 11.6 Å². The van der Waals surface area contributed by atoms with Gasteiger partial charge in [-0.05, 0) is 57.2 Å².